The van der Waals surface area contributed by atoms with Gasteiger partial charge in [-0.15, -0.1) is 0 Å². The topological polar surface area (TPSA) is 91.5 Å². The van der Waals surface area contributed by atoms with E-state index in [1.54, 1.807) is 0 Å². The summed E-state index contributed by atoms with van der Waals surface area (Å²) in [5.41, 5.74) is 0.240. The Bertz CT molecular complexity index is 870. The molecule has 0 amide bonds. The van der Waals surface area contributed by atoms with Crippen molar-refractivity contribution in [3.8, 4) is 11.3 Å². The highest BCUT2D eigenvalue weighted by atomic mass is 35.5. The minimum absolute atomic E-state index is 0.00551. The summed E-state index contributed by atoms with van der Waals surface area (Å²) < 4.78 is 0. The van der Waals surface area contributed by atoms with Crippen LogP contribution in [0.4, 0.5) is 0 Å². The van der Waals surface area contributed by atoms with E-state index in [-0.39, 0.29) is 10.9 Å². The number of halogens is 1. The lowest BCUT2D eigenvalue weighted by molar-refractivity contribution is 1.08. The molecule has 0 aliphatic carbocycles. The Hall–Kier alpha value is -2.47. The van der Waals surface area contributed by atoms with E-state index in [1.165, 1.54) is 0 Å². The predicted molar refractivity (Wildman–Crippen MR) is 71.2 cm³/mol. The van der Waals surface area contributed by atoms with Crippen LogP contribution in [-0.2, 0) is 0 Å². The summed E-state index contributed by atoms with van der Waals surface area (Å²) in [5.74, 6) is 0. The van der Waals surface area contributed by atoms with Crippen molar-refractivity contribution in [1.82, 2.24) is 19.9 Å². The monoisotopic (exact) mass is 274 g/mol. The van der Waals surface area contributed by atoms with Crippen LogP contribution in [0, 0.1) is 0 Å². The molecule has 1 aromatic carbocycles. The van der Waals surface area contributed by atoms with Gasteiger partial charge in [-0.25, -0.2) is 4.98 Å². The Kier molecular flexibility index (Phi) is 2.64. The van der Waals surface area contributed by atoms with Crippen LogP contribution in [-0.4, -0.2) is 19.9 Å². The van der Waals surface area contributed by atoms with E-state index < -0.39 is 11.1 Å². The summed E-state index contributed by atoms with van der Waals surface area (Å²) in [4.78, 5) is 35.5. The van der Waals surface area contributed by atoms with Crippen molar-refractivity contribution in [2.45, 2.75) is 0 Å². The number of benzene rings is 1. The fourth-order valence-corrected chi connectivity index (χ4v) is 1.95. The molecule has 2 N–H and O–H groups in total. The second-order valence-corrected chi connectivity index (χ2v) is 4.18. The van der Waals surface area contributed by atoms with Crippen molar-refractivity contribution in [2.24, 2.45) is 0 Å². The number of H-pyrrole nitrogens is 2. The molecule has 19 heavy (non-hydrogen) atoms. The first kappa shape index (κ1) is 11.6. The zero-order valence-electron chi connectivity index (χ0n) is 9.48. The fourth-order valence-electron chi connectivity index (χ4n) is 1.78. The SMILES string of the molecule is O=c1[nH]c2nc(Cl)nc(-c3ccccc3)c2[nH]c1=O. The molecule has 0 radical (unpaired) electrons. The smallest absolute Gasteiger partial charge is 0.313 e. The molecule has 2 aromatic heterocycles. The van der Waals surface area contributed by atoms with Gasteiger partial charge in [0.15, 0.2) is 5.65 Å². The van der Waals surface area contributed by atoms with Crippen LogP contribution >= 0.6 is 11.6 Å². The second-order valence-electron chi connectivity index (χ2n) is 3.84. The molecule has 0 saturated carbocycles. The summed E-state index contributed by atoms with van der Waals surface area (Å²) in [6.45, 7) is 0. The highest BCUT2D eigenvalue weighted by molar-refractivity contribution is 6.28. The number of hydrogen-bond acceptors (Lipinski definition) is 4. The molecule has 0 fully saturated rings. The third-order valence-electron chi connectivity index (χ3n) is 2.61. The zero-order valence-corrected chi connectivity index (χ0v) is 10.2. The highest BCUT2D eigenvalue weighted by Crippen LogP contribution is 2.23. The van der Waals surface area contributed by atoms with Gasteiger partial charge in [0.2, 0.25) is 5.28 Å². The molecular formula is C12H7ClN4O2. The van der Waals surface area contributed by atoms with E-state index in [0.29, 0.717) is 11.2 Å². The lowest BCUT2D eigenvalue weighted by atomic mass is 10.1. The van der Waals surface area contributed by atoms with Gasteiger partial charge in [0.05, 0.1) is 0 Å². The molecule has 3 rings (SSSR count). The van der Waals surface area contributed by atoms with Gasteiger partial charge in [-0.1, -0.05) is 30.3 Å². The van der Waals surface area contributed by atoms with Crippen LogP contribution in [0.1, 0.15) is 0 Å². The van der Waals surface area contributed by atoms with Gasteiger partial charge in [0.25, 0.3) is 0 Å². The standard InChI is InChI=1S/C12H7ClN4O2/c13-12-15-7(6-4-2-1-3-5-6)8-9(17-12)16-11(19)10(18)14-8/h1-5H,(H,14,18)(H,15,16,17,19). The number of fused-ring (bicyclic) bond motifs is 1. The summed E-state index contributed by atoms with van der Waals surface area (Å²) in [5, 5.41) is -0.00551. The van der Waals surface area contributed by atoms with Crippen LogP contribution in [0.5, 0.6) is 0 Å². The van der Waals surface area contributed by atoms with E-state index in [1.807, 2.05) is 30.3 Å². The van der Waals surface area contributed by atoms with Gasteiger partial charge in [-0.2, -0.15) is 4.98 Å². The Labute approximate surface area is 111 Å². The lowest BCUT2D eigenvalue weighted by Crippen LogP contribution is -2.29. The Morgan fingerprint density at radius 2 is 1.63 bits per heavy atom. The zero-order chi connectivity index (χ0) is 13.4. The Morgan fingerprint density at radius 3 is 2.37 bits per heavy atom. The minimum atomic E-state index is -0.777. The van der Waals surface area contributed by atoms with Crippen LogP contribution in [0.25, 0.3) is 22.4 Å². The number of aromatic amines is 2. The van der Waals surface area contributed by atoms with Gasteiger partial charge in [0.1, 0.15) is 11.2 Å². The molecule has 0 saturated heterocycles. The summed E-state index contributed by atoms with van der Waals surface area (Å²) in [6, 6.07) is 9.17. The fraction of sp³-hybridized carbons (Fsp3) is 0. The van der Waals surface area contributed by atoms with Crippen molar-refractivity contribution in [3.63, 3.8) is 0 Å². The maximum absolute atomic E-state index is 11.4. The quantitative estimate of drug-likeness (QED) is 0.517. The number of nitrogens with zero attached hydrogens (tertiary/aromatic N) is 2. The number of hydrogen-bond donors (Lipinski definition) is 2. The Balaban J connectivity index is 2.45. The van der Waals surface area contributed by atoms with Crippen LogP contribution in [0.2, 0.25) is 5.28 Å². The molecule has 7 heteroatoms. The van der Waals surface area contributed by atoms with Gasteiger partial charge in [-0.05, 0) is 11.6 Å². The van der Waals surface area contributed by atoms with Gasteiger partial charge in [-0.3, -0.25) is 9.59 Å². The number of nitrogens with one attached hydrogen (secondary N) is 2. The predicted octanol–water partition coefficient (Wildman–Crippen LogP) is 1.33. The molecule has 0 aliphatic heterocycles. The molecule has 0 unspecified atom stereocenters. The van der Waals surface area contributed by atoms with Crippen molar-refractivity contribution in [1.29, 1.82) is 0 Å². The number of aromatic nitrogens is 4. The normalized spacial score (nSPS) is 10.8. The van der Waals surface area contributed by atoms with Crippen LogP contribution in [0.3, 0.4) is 0 Å². The highest BCUT2D eigenvalue weighted by Gasteiger charge is 2.11. The van der Waals surface area contributed by atoms with Gasteiger partial charge >= 0.3 is 11.1 Å². The molecule has 6 nitrogen and oxygen atoms in total. The molecule has 0 spiro atoms. The lowest BCUT2D eigenvalue weighted by Gasteiger charge is -2.05. The van der Waals surface area contributed by atoms with Crippen molar-refractivity contribution in [3.05, 3.63) is 56.3 Å². The van der Waals surface area contributed by atoms with E-state index >= 15 is 0 Å². The van der Waals surface area contributed by atoms with Crippen LogP contribution in [0.15, 0.2) is 39.9 Å². The van der Waals surface area contributed by atoms with Gasteiger partial charge in [0, 0.05) is 5.56 Å². The first-order chi connectivity index (χ1) is 9.15. The summed E-state index contributed by atoms with van der Waals surface area (Å²) in [7, 11) is 0. The third kappa shape index (κ3) is 2.02. The number of rotatable bonds is 1. The van der Waals surface area contributed by atoms with E-state index in [4.69, 9.17) is 11.6 Å². The van der Waals surface area contributed by atoms with E-state index in [2.05, 4.69) is 19.9 Å². The van der Waals surface area contributed by atoms with E-state index in [9.17, 15) is 9.59 Å². The first-order valence-electron chi connectivity index (χ1n) is 5.40. The largest absolute Gasteiger partial charge is 0.315 e. The molecule has 94 valence electrons. The average Bonchev–Trinajstić information content (AvgIpc) is 2.41. The summed E-state index contributed by atoms with van der Waals surface area (Å²) in [6.07, 6.45) is 0. The molecule has 2 heterocycles. The molecule has 0 atom stereocenters. The average molecular weight is 275 g/mol. The third-order valence-corrected chi connectivity index (χ3v) is 2.77. The maximum atomic E-state index is 11.4. The Morgan fingerprint density at radius 1 is 0.947 bits per heavy atom. The van der Waals surface area contributed by atoms with Crippen molar-refractivity contribution in [2.75, 3.05) is 0 Å². The summed E-state index contributed by atoms with van der Waals surface area (Å²) >= 11 is 5.83. The molecule has 0 aliphatic rings. The molecule has 3 aromatic rings. The van der Waals surface area contributed by atoms with Crippen LogP contribution < -0.4 is 11.1 Å². The van der Waals surface area contributed by atoms with Crippen molar-refractivity contribution < 1.29 is 0 Å². The first-order valence-corrected chi connectivity index (χ1v) is 5.78. The minimum Gasteiger partial charge on any atom is -0.313 e. The molecular weight excluding hydrogens is 268 g/mol. The van der Waals surface area contributed by atoms with E-state index in [0.717, 1.165) is 5.56 Å². The maximum Gasteiger partial charge on any atom is 0.315 e. The van der Waals surface area contributed by atoms with Crippen molar-refractivity contribution >= 4 is 22.8 Å². The molecule has 0 bridgehead atoms. The second kappa shape index (κ2) is 4.33. The van der Waals surface area contributed by atoms with Gasteiger partial charge < -0.3 is 9.97 Å².